The number of hydrogen-bond acceptors (Lipinski definition) is 4. The second-order valence-electron chi connectivity index (χ2n) is 6.17. The molecule has 0 aromatic carbocycles. The molecule has 0 unspecified atom stereocenters. The monoisotopic (exact) mass is 363 g/mol. The van der Waals surface area contributed by atoms with Gasteiger partial charge in [-0.2, -0.15) is 0 Å². The van der Waals surface area contributed by atoms with Crippen LogP contribution in [0, 0.1) is 5.92 Å². The lowest BCUT2D eigenvalue weighted by molar-refractivity contribution is -0.120. The number of hydrogen-bond donors (Lipinski definition) is 2. The summed E-state index contributed by atoms with van der Waals surface area (Å²) in [6.07, 6.45) is 8.11. The Labute approximate surface area is 150 Å². The van der Waals surface area contributed by atoms with Crippen LogP contribution in [0.5, 0.6) is 0 Å². The number of fused-ring (bicyclic) bond motifs is 1. The Hall–Kier alpha value is -0.850. The molecule has 1 amide bonds. The van der Waals surface area contributed by atoms with Crippen molar-refractivity contribution in [2.75, 3.05) is 19.6 Å². The van der Waals surface area contributed by atoms with Crippen molar-refractivity contribution < 1.29 is 4.79 Å². The Kier molecular flexibility index (Phi) is 8.87. The van der Waals surface area contributed by atoms with Gasteiger partial charge in [-0.15, -0.1) is 35.0 Å². The number of carbonyl (C=O) groups is 1. The molecule has 0 saturated heterocycles. The van der Waals surface area contributed by atoms with Crippen LogP contribution in [0.1, 0.15) is 43.8 Å². The molecule has 1 aromatic heterocycles. The van der Waals surface area contributed by atoms with E-state index in [4.69, 9.17) is 0 Å². The fourth-order valence-corrected chi connectivity index (χ4v) is 2.82. The number of nitrogens with one attached hydrogen (secondary N) is 2. The van der Waals surface area contributed by atoms with E-state index in [1.807, 2.05) is 0 Å². The van der Waals surface area contributed by atoms with E-state index in [0.717, 1.165) is 43.5 Å². The van der Waals surface area contributed by atoms with Crippen molar-refractivity contribution in [1.29, 1.82) is 0 Å². The maximum Gasteiger partial charge on any atom is 0.233 e. The summed E-state index contributed by atoms with van der Waals surface area (Å²) < 4.78 is 2.24. The molecule has 2 aliphatic rings. The van der Waals surface area contributed by atoms with Crippen LogP contribution in [-0.2, 0) is 24.2 Å². The summed E-state index contributed by atoms with van der Waals surface area (Å²) >= 11 is 0. The minimum atomic E-state index is 0. The maximum atomic E-state index is 11.7. The molecule has 1 aliphatic carbocycles. The van der Waals surface area contributed by atoms with Gasteiger partial charge in [-0.1, -0.05) is 6.42 Å². The van der Waals surface area contributed by atoms with Gasteiger partial charge in [-0.05, 0) is 38.1 Å². The van der Waals surface area contributed by atoms with Gasteiger partial charge in [0, 0.05) is 25.9 Å². The summed E-state index contributed by atoms with van der Waals surface area (Å²) in [6, 6.07) is 0. The molecule has 6 nitrogen and oxygen atoms in total. The number of aromatic nitrogens is 3. The van der Waals surface area contributed by atoms with Gasteiger partial charge in [0.2, 0.25) is 5.91 Å². The quantitative estimate of drug-likeness (QED) is 0.769. The zero-order valence-electron chi connectivity index (χ0n) is 13.4. The molecule has 0 bridgehead atoms. The van der Waals surface area contributed by atoms with Gasteiger partial charge in [0.1, 0.15) is 11.6 Å². The van der Waals surface area contributed by atoms with E-state index >= 15 is 0 Å². The highest BCUT2D eigenvalue weighted by molar-refractivity contribution is 5.85. The van der Waals surface area contributed by atoms with Crippen molar-refractivity contribution in [3.05, 3.63) is 11.6 Å². The lowest BCUT2D eigenvalue weighted by Gasteiger charge is -2.08. The zero-order valence-corrected chi connectivity index (χ0v) is 15.1. The van der Waals surface area contributed by atoms with Crippen LogP contribution in [0.2, 0.25) is 0 Å². The van der Waals surface area contributed by atoms with E-state index in [-0.39, 0.29) is 30.7 Å². The predicted octanol–water partition coefficient (Wildman–Crippen LogP) is 1.51. The normalized spacial score (nSPS) is 16.5. The largest absolute Gasteiger partial charge is 0.355 e. The number of halogens is 2. The summed E-state index contributed by atoms with van der Waals surface area (Å²) in [6.45, 7) is 3.07. The molecule has 132 valence electrons. The SMILES string of the molecule is Cl.Cl.O=C(CNCC1CC1)NCCc1nnc2n1CCCCC2. The fraction of sp³-hybridized carbons (Fsp3) is 0.800. The van der Waals surface area contributed by atoms with Crippen LogP contribution in [0.15, 0.2) is 0 Å². The Morgan fingerprint density at radius 2 is 2.00 bits per heavy atom. The molecule has 0 spiro atoms. The second kappa shape index (κ2) is 10.1. The van der Waals surface area contributed by atoms with Crippen LogP contribution < -0.4 is 10.6 Å². The lowest BCUT2D eigenvalue weighted by atomic mass is 10.2. The fourth-order valence-electron chi connectivity index (χ4n) is 2.82. The molecular weight excluding hydrogens is 337 g/mol. The topological polar surface area (TPSA) is 71.8 Å². The summed E-state index contributed by atoms with van der Waals surface area (Å²) in [5.74, 6) is 3.01. The number of amides is 1. The Morgan fingerprint density at radius 3 is 2.78 bits per heavy atom. The van der Waals surface area contributed by atoms with E-state index in [2.05, 4.69) is 25.4 Å². The van der Waals surface area contributed by atoms with Crippen LogP contribution in [0.4, 0.5) is 0 Å². The Balaban J connectivity index is 0.00000132. The van der Waals surface area contributed by atoms with E-state index in [0.29, 0.717) is 13.1 Å². The maximum absolute atomic E-state index is 11.7. The molecule has 3 rings (SSSR count). The standard InChI is InChI=1S/C15H25N5O.2ClH/c21-15(11-16-10-12-5-6-12)17-8-7-14-19-18-13-4-2-1-3-9-20(13)14;;/h12,16H,1-11H2,(H,17,21);2*1H. The van der Waals surface area contributed by atoms with Crippen molar-refractivity contribution in [2.24, 2.45) is 5.92 Å². The van der Waals surface area contributed by atoms with Crippen molar-refractivity contribution in [3.8, 4) is 0 Å². The number of aryl methyl sites for hydroxylation is 1. The first-order valence-corrected chi connectivity index (χ1v) is 8.21. The van der Waals surface area contributed by atoms with E-state index < -0.39 is 0 Å². The number of rotatable bonds is 7. The predicted molar refractivity (Wildman–Crippen MR) is 94.4 cm³/mol. The van der Waals surface area contributed by atoms with Gasteiger partial charge in [-0.3, -0.25) is 4.79 Å². The minimum Gasteiger partial charge on any atom is -0.355 e. The van der Waals surface area contributed by atoms with Gasteiger partial charge in [0.25, 0.3) is 0 Å². The third-order valence-electron chi connectivity index (χ3n) is 4.27. The Bertz CT molecular complexity index is 490. The highest BCUT2D eigenvalue weighted by Crippen LogP contribution is 2.27. The van der Waals surface area contributed by atoms with Crippen LogP contribution >= 0.6 is 24.8 Å². The highest BCUT2D eigenvalue weighted by Gasteiger charge is 2.20. The summed E-state index contributed by atoms with van der Waals surface area (Å²) in [5, 5.41) is 14.7. The van der Waals surface area contributed by atoms with Crippen LogP contribution in [0.25, 0.3) is 0 Å². The second-order valence-corrected chi connectivity index (χ2v) is 6.17. The Morgan fingerprint density at radius 1 is 1.17 bits per heavy atom. The molecule has 1 saturated carbocycles. The third kappa shape index (κ3) is 6.28. The summed E-state index contributed by atoms with van der Waals surface area (Å²) in [4.78, 5) is 11.7. The first kappa shape index (κ1) is 20.2. The number of carbonyl (C=O) groups excluding carboxylic acids is 1. The minimum absolute atomic E-state index is 0. The average molecular weight is 364 g/mol. The molecule has 1 fully saturated rings. The van der Waals surface area contributed by atoms with Gasteiger partial charge >= 0.3 is 0 Å². The van der Waals surface area contributed by atoms with Gasteiger partial charge in [-0.25, -0.2) is 0 Å². The third-order valence-corrected chi connectivity index (χ3v) is 4.27. The number of nitrogens with zero attached hydrogens (tertiary/aromatic N) is 3. The molecule has 8 heteroatoms. The summed E-state index contributed by atoms with van der Waals surface area (Å²) in [5.41, 5.74) is 0. The molecule has 23 heavy (non-hydrogen) atoms. The summed E-state index contributed by atoms with van der Waals surface area (Å²) in [7, 11) is 0. The smallest absolute Gasteiger partial charge is 0.233 e. The highest BCUT2D eigenvalue weighted by atomic mass is 35.5. The van der Waals surface area contributed by atoms with E-state index in [9.17, 15) is 4.79 Å². The first-order chi connectivity index (χ1) is 10.3. The average Bonchev–Trinajstić information content (AvgIpc) is 3.26. The van der Waals surface area contributed by atoms with Crippen molar-refractivity contribution in [2.45, 2.75) is 51.5 Å². The molecule has 0 atom stereocenters. The molecule has 1 aromatic rings. The van der Waals surface area contributed by atoms with Gasteiger partial charge in [0.15, 0.2) is 0 Å². The molecule has 0 radical (unpaired) electrons. The van der Waals surface area contributed by atoms with E-state index in [1.165, 1.54) is 32.1 Å². The van der Waals surface area contributed by atoms with E-state index in [1.54, 1.807) is 0 Å². The molecule has 2 heterocycles. The lowest BCUT2D eigenvalue weighted by Crippen LogP contribution is -2.36. The van der Waals surface area contributed by atoms with Crippen LogP contribution in [-0.4, -0.2) is 40.3 Å². The van der Waals surface area contributed by atoms with Gasteiger partial charge in [0.05, 0.1) is 6.54 Å². The molecule has 1 aliphatic heterocycles. The van der Waals surface area contributed by atoms with Crippen molar-refractivity contribution in [3.63, 3.8) is 0 Å². The van der Waals surface area contributed by atoms with Crippen molar-refractivity contribution in [1.82, 2.24) is 25.4 Å². The van der Waals surface area contributed by atoms with Crippen molar-refractivity contribution >= 4 is 30.7 Å². The first-order valence-electron chi connectivity index (χ1n) is 8.21. The van der Waals surface area contributed by atoms with Crippen LogP contribution in [0.3, 0.4) is 0 Å². The van der Waals surface area contributed by atoms with Gasteiger partial charge < -0.3 is 15.2 Å². The molecule has 2 N–H and O–H groups in total. The molecular formula is C15H27Cl2N5O. The zero-order chi connectivity index (χ0) is 14.5.